The van der Waals surface area contributed by atoms with Crippen LogP contribution in [0.5, 0.6) is 0 Å². The van der Waals surface area contributed by atoms with Crippen LogP contribution in [-0.4, -0.2) is 82.4 Å². The third-order valence-electron chi connectivity index (χ3n) is 7.43. The first-order valence-corrected chi connectivity index (χ1v) is 13.1. The number of carbonyl (C=O) groups excluding carboxylic acids is 1. The van der Waals surface area contributed by atoms with Gasteiger partial charge in [0.2, 0.25) is 0 Å². The summed E-state index contributed by atoms with van der Waals surface area (Å²) in [6.45, 7) is 13.6. The third-order valence-corrected chi connectivity index (χ3v) is 7.43. The Kier molecular flexibility index (Phi) is 7.37. The van der Waals surface area contributed by atoms with Gasteiger partial charge in [-0.1, -0.05) is 6.07 Å². The van der Waals surface area contributed by atoms with Crippen molar-refractivity contribution in [1.29, 1.82) is 0 Å². The molecule has 1 aromatic carbocycles. The molecule has 36 heavy (non-hydrogen) atoms. The number of carbonyl (C=O) groups is 1. The number of aromatic amines is 1. The van der Waals surface area contributed by atoms with Crippen molar-refractivity contribution in [2.24, 2.45) is 5.92 Å². The molecule has 2 aromatic heterocycles. The van der Waals surface area contributed by atoms with E-state index < -0.39 is 0 Å². The summed E-state index contributed by atoms with van der Waals surface area (Å²) >= 11 is 0. The number of benzene rings is 1. The molecular formula is C28H38N6O2. The van der Waals surface area contributed by atoms with E-state index in [0.29, 0.717) is 11.6 Å². The van der Waals surface area contributed by atoms with Crippen molar-refractivity contribution in [1.82, 2.24) is 30.3 Å². The second-order valence-electron chi connectivity index (χ2n) is 11.0. The molecule has 0 radical (unpaired) electrons. The van der Waals surface area contributed by atoms with Gasteiger partial charge in [0.25, 0.3) is 5.91 Å². The SMILES string of the molecule is CC(C)(C)N(CC1CCOCC1)C(=O)c1n[nH]c2ccc(-c3cnccc3CN3CCNCC3)cc12. The van der Waals surface area contributed by atoms with Crippen molar-refractivity contribution in [3.8, 4) is 11.1 Å². The van der Waals surface area contributed by atoms with Gasteiger partial charge in [0.15, 0.2) is 5.69 Å². The first kappa shape index (κ1) is 24.9. The minimum Gasteiger partial charge on any atom is -0.381 e. The van der Waals surface area contributed by atoms with Crippen molar-refractivity contribution in [3.05, 3.63) is 47.9 Å². The molecule has 192 valence electrons. The lowest BCUT2D eigenvalue weighted by Crippen LogP contribution is -2.48. The highest BCUT2D eigenvalue weighted by atomic mass is 16.5. The fourth-order valence-electron chi connectivity index (χ4n) is 5.25. The third kappa shape index (κ3) is 5.45. The van der Waals surface area contributed by atoms with Gasteiger partial charge in [0, 0.05) is 81.4 Å². The Morgan fingerprint density at radius 3 is 2.69 bits per heavy atom. The van der Waals surface area contributed by atoms with E-state index in [2.05, 4.69) is 64.4 Å². The van der Waals surface area contributed by atoms with Crippen molar-refractivity contribution >= 4 is 16.8 Å². The van der Waals surface area contributed by atoms with Crippen LogP contribution < -0.4 is 5.32 Å². The lowest BCUT2D eigenvalue weighted by Gasteiger charge is -2.38. The largest absolute Gasteiger partial charge is 0.381 e. The molecule has 0 aliphatic carbocycles. The molecule has 8 heteroatoms. The summed E-state index contributed by atoms with van der Waals surface area (Å²) in [7, 11) is 0. The second kappa shape index (κ2) is 10.7. The molecule has 8 nitrogen and oxygen atoms in total. The zero-order chi connectivity index (χ0) is 25.1. The number of nitrogens with one attached hydrogen (secondary N) is 2. The van der Waals surface area contributed by atoms with Gasteiger partial charge in [-0.25, -0.2) is 0 Å². The van der Waals surface area contributed by atoms with Gasteiger partial charge in [0.05, 0.1) is 5.52 Å². The van der Waals surface area contributed by atoms with Gasteiger partial charge in [-0.05, 0) is 68.9 Å². The lowest BCUT2D eigenvalue weighted by atomic mass is 9.95. The van der Waals surface area contributed by atoms with Crippen LogP contribution in [0.15, 0.2) is 36.7 Å². The summed E-state index contributed by atoms with van der Waals surface area (Å²) in [5.41, 5.74) is 4.46. The maximum absolute atomic E-state index is 13.9. The Morgan fingerprint density at radius 2 is 1.94 bits per heavy atom. The fraction of sp³-hybridized carbons (Fsp3) is 0.536. The Hall–Kier alpha value is -2.81. The van der Waals surface area contributed by atoms with E-state index in [4.69, 9.17) is 4.74 Å². The molecule has 0 saturated carbocycles. The van der Waals surface area contributed by atoms with Crippen molar-refractivity contribution in [3.63, 3.8) is 0 Å². The minimum atomic E-state index is -0.307. The van der Waals surface area contributed by atoms with Gasteiger partial charge in [-0.3, -0.25) is 19.8 Å². The molecule has 2 N–H and O–H groups in total. The molecular weight excluding hydrogens is 452 g/mol. The quantitative estimate of drug-likeness (QED) is 0.548. The molecule has 0 bridgehead atoms. The van der Waals surface area contributed by atoms with Gasteiger partial charge in [-0.2, -0.15) is 5.10 Å². The molecule has 5 rings (SSSR count). The molecule has 2 aliphatic rings. The Bertz CT molecular complexity index is 1190. The monoisotopic (exact) mass is 490 g/mol. The maximum Gasteiger partial charge on any atom is 0.275 e. The summed E-state index contributed by atoms with van der Waals surface area (Å²) < 4.78 is 5.54. The first-order valence-electron chi connectivity index (χ1n) is 13.1. The van der Waals surface area contributed by atoms with Crippen molar-refractivity contribution < 1.29 is 9.53 Å². The number of amides is 1. The average Bonchev–Trinajstić information content (AvgIpc) is 3.31. The number of piperazine rings is 1. The summed E-state index contributed by atoms with van der Waals surface area (Å²) in [6, 6.07) is 8.32. The fourth-order valence-corrected chi connectivity index (χ4v) is 5.25. The van der Waals surface area contributed by atoms with E-state index in [0.717, 1.165) is 87.4 Å². The minimum absolute atomic E-state index is 0.0235. The highest BCUT2D eigenvalue weighted by molar-refractivity contribution is 6.06. The highest BCUT2D eigenvalue weighted by Crippen LogP contribution is 2.30. The number of fused-ring (bicyclic) bond motifs is 1. The van der Waals surface area contributed by atoms with Crippen LogP contribution in [0.1, 0.15) is 49.7 Å². The van der Waals surface area contributed by atoms with Crippen LogP contribution in [0.2, 0.25) is 0 Å². The second-order valence-corrected chi connectivity index (χ2v) is 11.0. The predicted octanol–water partition coefficient (Wildman–Crippen LogP) is 3.70. The van der Waals surface area contributed by atoms with Gasteiger partial charge in [-0.15, -0.1) is 0 Å². The molecule has 2 fully saturated rings. The van der Waals surface area contributed by atoms with Crippen molar-refractivity contribution in [2.45, 2.75) is 45.7 Å². The normalized spacial score (nSPS) is 18.0. The number of aromatic nitrogens is 3. The highest BCUT2D eigenvalue weighted by Gasteiger charge is 2.32. The van der Waals surface area contributed by atoms with Crippen LogP contribution in [-0.2, 0) is 11.3 Å². The predicted molar refractivity (Wildman–Crippen MR) is 142 cm³/mol. The molecule has 0 spiro atoms. The van der Waals surface area contributed by atoms with Crippen LogP contribution in [0.4, 0.5) is 0 Å². The average molecular weight is 491 g/mol. The van der Waals surface area contributed by atoms with Crippen LogP contribution in [0.3, 0.4) is 0 Å². The van der Waals surface area contributed by atoms with E-state index in [1.54, 1.807) is 0 Å². The topological polar surface area (TPSA) is 86.4 Å². The molecule has 1 amide bonds. The number of pyridine rings is 1. The van der Waals surface area contributed by atoms with Crippen molar-refractivity contribution in [2.75, 3.05) is 45.9 Å². The van der Waals surface area contributed by atoms with E-state index in [9.17, 15) is 4.79 Å². The van der Waals surface area contributed by atoms with Crippen LogP contribution in [0, 0.1) is 5.92 Å². The summed E-state index contributed by atoms with van der Waals surface area (Å²) in [5.74, 6) is 0.426. The zero-order valence-electron chi connectivity index (χ0n) is 21.7. The van der Waals surface area contributed by atoms with E-state index in [-0.39, 0.29) is 11.4 Å². The molecule has 0 atom stereocenters. The Labute approximate surface area is 213 Å². The van der Waals surface area contributed by atoms with E-state index in [1.165, 1.54) is 5.56 Å². The van der Waals surface area contributed by atoms with Crippen LogP contribution >= 0.6 is 0 Å². The standard InChI is InChI=1S/C28H38N6O2/c1-28(2,3)34(18-20-7-14-36-15-8-20)27(35)26-23-16-21(4-5-25(23)31-32-26)24-17-30-9-6-22(24)19-33-12-10-29-11-13-33/h4-6,9,16-17,20,29H,7-8,10-15,18-19H2,1-3H3,(H,31,32). The zero-order valence-corrected chi connectivity index (χ0v) is 21.7. The molecule has 2 saturated heterocycles. The Balaban J connectivity index is 1.45. The molecule has 0 unspecified atom stereocenters. The summed E-state index contributed by atoms with van der Waals surface area (Å²) in [6.07, 6.45) is 5.78. The molecule has 4 heterocycles. The smallest absolute Gasteiger partial charge is 0.275 e. The van der Waals surface area contributed by atoms with E-state index >= 15 is 0 Å². The van der Waals surface area contributed by atoms with Gasteiger partial charge < -0.3 is 15.0 Å². The van der Waals surface area contributed by atoms with Gasteiger partial charge in [0.1, 0.15) is 0 Å². The number of hydrogen-bond acceptors (Lipinski definition) is 6. The molecule has 2 aliphatic heterocycles. The maximum atomic E-state index is 13.9. The number of hydrogen-bond donors (Lipinski definition) is 2. The number of ether oxygens (including phenoxy) is 1. The molecule has 3 aromatic rings. The number of rotatable bonds is 6. The summed E-state index contributed by atoms with van der Waals surface area (Å²) in [5, 5.41) is 11.9. The van der Waals surface area contributed by atoms with E-state index in [1.807, 2.05) is 23.4 Å². The number of nitrogens with zero attached hydrogens (tertiary/aromatic N) is 4. The van der Waals surface area contributed by atoms with Gasteiger partial charge >= 0.3 is 0 Å². The first-order chi connectivity index (χ1) is 17.4. The number of H-pyrrole nitrogens is 1. The summed E-state index contributed by atoms with van der Waals surface area (Å²) in [4.78, 5) is 22.8. The lowest BCUT2D eigenvalue weighted by molar-refractivity contribution is 0.0288. The van der Waals surface area contributed by atoms with Crippen LogP contribution in [0.25, 0.3) is 22.0 Å². The Morgan fingerprint density at radius 1 is 1.17 bits per heavy atom.